The molecular formula is C12H18N2OS. The summed E-state index contributed by atoms with van der Waals surface area (Å²) in [5, 5.41) is 3.70. The van der Waals surface area contributed by atoms with Crippen LogP contribution in [0.5, 0.6) is 0 Å². The minimum Gasteiger partial charge on any atom is -0.352 e. The standard InChI is InChI=1S/C12H18N2OS/c1-3-4-5-8-13-11(15)10-7-6-9-14-12(10)16-2/h6-7,9H,3-5,8H2,1-2H3,(H,13,15). The highest BCUT2D eigenvalue weighted by Gasteiger charge is 2.10. The van der Waals surface area contributed by atoms with Crippen molar-refractivity contribution in [2.45, 2.75) is 31.2 Å². The molecule has 0 radical (unpaired) electrons. The van der Waals surface area contributed by atoms with Crippen LogP contribution < -0.4 is 5.32 Å². The minimum absolute atomic E-state index is 0.0199. The SMILES string of the molecule is CCCCCNC(=O)c1cccnc1SC. The van der Waals surface area contributed by atoms with E-state index in [1.165, 1.54) is 18.2 Å². The summed E-state index contributed by atoms with van der Waals surface area (Å²) in [7, 11) is 0. The van der Waals surface area contributed by atoms with Crippen LogP contribution in [0.2, 0.25) is 0 Å². The molecule has 1 heterocycles. The molecule has 1 N–H and O–H groups in total. The smallest absolute Gasteiger partial charge is 0.254 e. The Balaban J connectivity index is 2.52. The molecule has 16 heavy (non-hydrogen) atoms. The Labute approximate surface area is 101 Å². The first-order chi connectivity index (χ1) is 7.79. The van der Waals surface area contributed by atoms with Gasteiger partial charge in [-0.1, -0.05) is 19.8 Å². The molecule has 0 spiro atoms. The maximum Gasteiger partial charge on any atom is 0.254 e. The van der Waals surface area contributed by atoms with Gasteiger partial charge in [0, 0.05) is 12.7 Å². The van der Waals surface area contributed by atoms with Gasteiger partial charge in [0.05, 0.1) is 5.56 Å². The van der Waals surface area contributed by atoms with E-state index in [0.29, 0.717) is 5.56 Å². The van der Waals surface area contributed by atoms with E-state index in [4.69, 9.17) is 0 Å². The quantitative estimate of drug-likeness (QED) is 0.612. The van der Waals surface area contributed by atoms with E-state index in [-0.39, 0.29) is 5.91 Å². The van der Waals surface area contributed by atoms with E-state index < -0.39 is 0 Å². The summed E-state index contributed by atoms with van der Waals surface area (Å²) in [6.45, 7) is 2.89. The Morgan fingerprint density at radius 3 is 3.00 bits per heavy atom. The molecule has 1 aromatic heterocycles. The predicted molar refractivity (Wildman–Crippen MR) is 67.9 cm³/mol. The van der Waals surface area contributed by atoms with Crippen molar-refractivity contribution in [3.63, 3.8) is 0 Å². The molecule has 0 aliphatic heterocycles. The lowest BCUT2D eigenvalue weighted by atomic mass is 10.2. The van der Waals surface area contributed by atoms with Gasteiger partial charge < -0.3 is 5.32 Å². The second-order valence-electron chi connectivity index (χ2n) is 3.52. The van der Waals surface area contributed by atoms with Crippen molar-refractivity contribution in [1.82, 2.24) is 10.3 Å². The molecule has 0 aromatic carbocycles. The first kappa shape index (κ1) is 13.0. The second kappa shape index (κ2) is 7.28. The van der Waals surface area contributed by atoms with Gasteiger partial charge in [-0.25, -0.2) is 4.98 Å². The molecule has 88 valence electrons. The molecule has 0 aliphatic carbocycles. The zero-order valence-corrected chi connectivity index (χ0v) is 10.6. The zero-order valence-electron chi connectivity index (χ0n) is 9.82. The van der Waals surface area contributed by atoms with Crippen LogP contribution in [0, 0.1) is 0 Å². The van der Waals surface area contributed by atoms with Gasteiger partial charge in [0.1, 0.15) is 5.03 Å². The Morgan fingerprint density at radius 2 is 2.31 bits per heavy atom. The lowest BCUT2D eigenvalue weighted by Gasteiger charge is -2.07. The van der Waals surface area contributed by atoms with Crippen molar-refractivity contribution >= 4 is 17.7 Å². The molecule has 0 unspecified atom stereocenters. The summed E-state index contributed by atoms with van der Waals surface area (Å²) in [6.07, 6.45) is 6.99. The maximum absolute atomic E-state index is 11.8. The molecule has 4 heteroatoms. The molecule has 0 atom stereocenters. The fraction of sp³-hybridized carbons (Fsp3) is 0.500. The normalized spacial score (nSPS) is 10.1. The van der Waals surface area contributed by atoms with Gasteiger partial charge >= 0.3 is 0 Å². The molecule has 0 bridgehead atoms. The number of carbonyl (C=O) groups excluding carboxylic acids is 1. The third-order valence-electron chi connectivity index (χ3n) is 2.28. The van der Waals surface area contributed by atoms with E-state index >= 15 is 0 Å². The van der Waals surface area contributed by atoms with E-state index in [0.717, 1.165) is 24.4 Å². The number of hydrogen-bond acceptors (Lipinski definition) is 3. The zero-order chi connectivity index (χ0) is 11.8. The van der Waals surface area contributed by atoms with Crippen molar-refractivity contribution < 1.29 is 4.79 Å². The summed E-state index contributed by atoms with van der Waals surface area (Å²) in [5.41, 5.74) is 0.673. The number of thioether (sulfide) groups is 1. The third kappa shape index (κ3) is 3.85. The highest BCUT2D eigenvalue weighted by Crippen LogP contribution is 2.16. The number of rotatable bonds is 6. The van der Waals surface area contributed by atoms with E-state index in [1.807, 2.05) is 12.3 Å². The number of amides is 1. The van der Waals surface area contributed by atoms with Gasteiger partial charge in [-0.3, -0.25) is 4.79 Å². The Morgan fingerprint density at radius 1 is 1.50 bits per heavy atom. The number of carbonyl (C=O) groups is 1. The number of nitrogens with zero attached hydrogens (tertiary/aromatic N) is 1. The summed E-state index contributed by atoms with van der Waals surface area (Å²) in [6, 6.07) is 3.61. The number of nitrogens with one attached hydrogen (secondary N) is 1. The van der Waals surface area contributed by atoms with Gasteiger partial charge in [0.2, 0.25) is 0 Å². The highest BCUT2D eigenvalue weighted by molar-refractivity contribution is 7.98. The Hall–Kier alpha value is -1.03. The lowest BCUT2D eigenvalue weighted by molar-refractivity contribution is 0.0949. The van der Waals surface area contributed by atoms with Crippen molar-refractivity contribution in [3.05, 3.63) is 23.9 Å². The summed E-state index contributed by atoms with van der Waals surface area (Å²) >= 11 is 1.50. The van der Waals surface area contributed by atoms with Crippen LogP contribution in [-0.4, -0.2) is 23.7 Å². The molecule has 1 aromatic rings. The summed E-state index contributed by atoms with van der Waals surface area (Å²) < 4.78 is 0. The average molecular weight is 238 g/mol. The molecule has 0 saturated carbocycles. The van der Waals surface area contributed by atoms with Crippen LogP contribution in [0.25, 0.3) is 0 Å². The van der Waals surface area contributed by atoms with Crippen LogP contribution in [0.3, 0.4) is 0 Å². The number of unbranched alkanes of at least 4 members (excludes halogenated alkanes) is 2. The number of aromatic nitrogens is 1. The second-order valence-corrected chi connectivity index (χ2v) is 4.32. The van der Waals surface area contributed by atoms with Crippen LogP contribution in [0.4, 0.5) is 0 Å². The van der Waals surface area contributed by atoms with Gasteiger partial charge in [0.15, 0.2) is 0 Å². The minimum atomic E-state index is -0.0199. The number of hydrogen-bond donors (Lipinski definition) is 1. The molecule has 0 saturated heterocycles. The van der Waals surface area contributed by atoms with Crippen LogP contribution in [-0.2, 0) is 0 Å². The molecule has 0 aliphatic rings. The average Bonchev–Trinajstić information content (AvgIpc) is 2.34. The van der Waals surface area contributed by atoms with Gasteiger partial charge in [-0.2, -0.15) is 0 Å². The fourth-order valence-electron chi connectivity index (χ4n) is 1.40. The molecule has 3 nitrogen and oxygen atoms in total. The highest BCUT2D eigenvalue weighted by atomic mass is 32.2. The largest absolute Gasteiger partial charge is 0.352 e. The maximum atomic E-state index is 11.8. The predicted octanol–water partition coefficient (Wildman–Crippen LogP) is 2.72. The van der Waals surface area contributed by atoms with Crippen molar-refractivity contribution in [3.8, 4) is 0 Å². The molecular weight excluding hydrogens is 220 g/mol. The topological polar surface area (TPSA) is 42.0 Å². The van der Waals surface area contributed by atoms with Crippen LogP contribution >= 0.6 is 11.8 Å². The van der Waals surface area contributed by atoms with Crippen molar-refractivity contribution in [1.29, 1.82) is 0 Å². The summed E-state index contributed by atoms with van der Waals surface area (Å²) in [5.74, 6) is -0.0199. The van der Waals surface area contributed by atoms with Gasteiger partial charge in [0.25, 0.3) is 5.91 Å². The monoisotopic (exact) mass is 238 g/mol. The van der Waals surface area contributed by atoms with Gasteiger partial charge in [-0.15, -0.1) is 11.8 Å². The Kier molecular flexibility index (Phi) is 5.93. The van der Waals surface area contributed by atoms with E-state index in [1.54, 1.807) is 12.3 Å². The fourth-order valence-corrected chi connectivity index (χ4v) is 1.95. The van der Waals surface area contributed by atoms with Crippen LogP contribution in [0.1, 0.15) is 36.5 Å². The lowest BCUT2D eigenvalue weighted by Crippen LogP contribution is -2.25. The van der Waals surface area contributed by atoms with E-state index in [9.17, 15) is 4.79 Å². The molecule has 0 fully saturated rings. The Bertz CT molecular complexity index is 342. The van der Waals surface area contributed by atoms with E-state index in [2.05, 4.69) is 17.2 Å². The first-order valence-corrected chi connectivity index (χ1v) is 6.79. The number of pyridine rings is 1. The first-order valence-electron chi connectivity index (χ1n) is 5.56. The molecule has 1 rings (SSSR count). The summed E-state index contributed by atoms with van der Waals surface area (Å²) in [4.78, 5) is 16.0. The third-order valence-corrected chi connectivity index (χ3v) is 2.99. The van der Waals surface area contributed by atoms with Gasteiger partial charge in [-0.05, 0) is 24.8 Å². The van der Waals surface area contributed by atoms with Crippen molar-refractivity contribution in [2.24, 2.45) is 0 Å². The molecule has 1 amide bonds. The van der Waals surface area contributed by atoms with Crippen LogP contribution in [0.15, 0.2) is 23.4 Å². The van der Waals surface area contributed by atoms with Crippen molar-refractivity contribution in [2.75, 3.05) is 12.8 Å².